The third kappa shape index (κ3) is 2.18. The highest BCUT2D eigenvalue weighted by atomic mass is 19.1. The molecule has 2 aromatic carbocycles. The summed E-state index contributed by atoms with van der Waals surface area (Å²) < 4.78 is 32.4. The summed E-state index contributed by atoms with van der Waals surface area (Å²) in [6.45, 7) is 0.393. The van der Waals surface area contributed by atoms with Crippen LogP contribution in [0.1, 0.15) is 28.3 Å². The fourth-order valence-electron chi connectivity index (χ4n) is 2.49. The molecule has 2 nitrogen and oxygen atoms in total. The maximum Gasteiger partial charge on any atom is 0.173 e. The molecule has 20 heavy (non-hydrogen) atoms. The van der Waals surface area contributed by atoms with Crippen molar-refractivity contribution in [2.24, 2.45) is 0 Å². The molecule has 102 valence electrons. The summed E-state index contributed by atoms with van der Waals surface area (Å²) in [5.41, 5.74) is 0.527. The fourth-order valence-corrected chi connectivity index (χ4v) is 2.49. The van der Waals surface area contributed by atoms with Crippen molar-refractivity contribution in [3.8, 4) is 5.75 Å². The van der Waals surface area contributed by atoms with Crippen molar-refractivity contribution in [3.05, 3.63) is 65.2 Å². The van der Waals surface area contributed by atoms with Crippen LogP contribution in [0.25, 0.3) is 0 Å². The zero-order valence-corrected chi connectivity index (χ0v) is 10.6. The van der Waals surface area contributed by atoms with Crippen molar-refractivity contribution in [3.63, 3.8) is 0 Å². The number of Topliss-reactive ketones (excluding diaryl/α,β-unsaturated/α-hetero) is 1. The molecule has 0 aromatic heterocycles. The lowest BCUT2D eigenvalue weighted by molar-refractivity contribution is 0.0928. The third-order valence-electron chi connectivity index (χ3n) is 3.47. The van der Waals surface area contributed by atoms with Crippen molar-refractivity contribution in [2.75, 3.05) is 6.61 Å². The average molecular weight is 274 g/mol. The molecule has 1 aliphatic heterocycles. The molecular weight excluding hydrogens is 262 g/mol. The lowest BCUT2D eigenvalue weighted by Crippen LogP contribution is -2.22. The van der Waals surface area contributed by atoms with Crippen LogP contribution in [0, 0.1) is 11.6 Å². The number of ether oxygens (including phenoxy) is 1. The molecule has 1 atom stereocenters. The van der Waals surface area contributed by atoms with Crippen LogP contribution in [0.4, 0.5) is 8.78 Å². The number of benzene rings is 2. The molecule has 0 saturated carbocycles. The van der Waals surface area contributed by atoms with Crippen molar-refractivity contribution in [1.82, 2.24) is 0 Å². The highest BCUT2D eigenvalue weighted by Gasteiger charge is 2.29. The smallest absolute Gasteiger partial charge is 0.173 e. The second kappa shape index (κ2) is 5.04. The van der Waals surface area contributed by atoms with Gasteiger partial charge in [-0.15, -0.1) is 0 Å². The van der Waals surface area contributed by atoms with Crippen molar-refractivity contribution in [2.45, 2.75) is 12.3 Å². The van der Waals surface area contributed by atoms with Crippen LogP contribution in [-0.4, -0.2) is 12.4 Å². The summed E-state index contributed by atoms with van der Waals surface area (Å²) in [5.74, 6) is -1.57. The summed E-state index contributed by atoms with van der Waals surface area (Å²) in [6.07, 6.45) is 0.464. The largest absolute Gasteiger partial charge is 0.493 e. The molecular formula is C16H12F2O2. The Balaban J connectivity index is 2.02. The molecule has 0 aliphatic carbocycles. The van der Waals surface area contributed by atoms with Crippen molar-refractivity contribution in [1.29, 1.82) is 0 Å². The van der Waals surface area contributed by atoms with Crippen LogP contribution in [0.2, 0.25) is 0 Å². The zero-order valence-electron chi connectivity index (χ0n) is 10.6. The van der Waals surface area contributed by atoms with Crippen LogP contribution in [0.3, 0.4) is 0 Å². The lowest BCUT2D eigenvalue weighted by Gasteiger charge is -2.25. The van der Waals surface area contributed by atoms with Crippen LogP contribution >= 0.6 is 0 Å². The first kappa shape index (κ1) is 12.8. The van der Waals surface area contributed by atoms with Gasteiger partial charge in [0.1, 0.15) is 17.4 Å². The van der Waals surface area contributed by atoms with Gasteiger partial charge in [-0.25, -0.2) is 8.78 Å². The lowest BCUT2D eigenvalue weighted by atomic mass is 9.86. The first-order valence-corrected chi connectivity index (χ1v) is 6.38. The summed E-state index contributed by atoms with van der Waals surface area (Å²) in [7, 11) is 0. The predicted octanol–water partition coefficient (Wildman–Crippen LogP) is 3.71. The molecule has 0 N–H and O–H groups in total. The SMILES string of the molecule is O=C(c1cc(F)ccc1F)C1CCOc2ccccc21. The Kier molecular flexibility index (Phi) is 3.22. The molecule has 0 spiro atoms. The molecule has 1 heterocycles. The maximum absolute atomic E-state index is 13.7. The molecule has 0 radical (unpaired) electrons. The number of carbonyl (C=O) groups excluding carboxylic acids is 1. The Bertz CT molecular complexity index is 667. The van der Waals surface area contributed by atoms with Crippen molar-refractivity contribution < 1.29 is 18.3 Å². The van der Waals surface area contributed by atoms with Crippen LogP contribution in [0.15, 0.2) is 42.5 Å². The molecule has 1 aliphatic rings. The molecule has 3 rings (SSSR count). The summed E-state index contributed by atoms with van der Waals surface area (Å²) in [6, 6.07) is 10.1. The Morgan fingerprint density at radius 3 is 2.80 bits per heavy atom. The average Bonchev–Trinajstić information content (AvgIpc) is 2.48. The van der Waals surface area contributed by atoms with E-state index >= 15 is 0 Å². The van der Waals surface area contributed by atoms with E-state index < -0.39 is 23.3 Å². The van der Waals surface area contributed by atoms with E-state index in [1.54, 1.807) is 18.2 Å². The number of ketones is 1. The molecule has 0 fully saturated rings. The summed E-state index contributed by atoms with van der Waals surface area (Å²) in [4.78, 5) is 12.5. The number of hydrogen-bond acceptors (Lipinski definition) is 2. The number of hydrogen-bond donors (Lipinski definition) is 0. The number of halogens is 2. The van der Waals surface area contributed by atoms with Gasteiger partial charge in [-0.2, -0.15) is 0 Å². The van der Waals surface area contributed by atoms with E-state index in [-0.39, 0.29) is 5.56 Å². The number of rotatable bonds is 2. The van der Waals surface area contributed by atoms with Crippen molar-refractivity contribution >= 4 is 5.78 Å². The first-order valence-electron chi connectivity index (χ1n) is 6.38. The molecule has 0 amide bonds. The van der Waals surface area contributed by atoms with Gasteiger partial charge in [0.15, 0.2) is 5.78 Å². The standard InChI is InChI=1S/C16H12F2O2/c17-10-5-6-14(18)13(9-10)16(19)12-7-8-20-15-4-2-1-3-11(12)15/h1-6,9,12H,7-8H2. The van der Waals surface area contributed by atoms with E-state index in [1.165, 1.54) is 0 Å². The third-order valence-corrected chi connectivity index (χ3v) is 3.47. The van der Waals surface area contributed by atoms with Gasteiger partial charge in [-0.1, -0.05) is 18.2 Å². The molecule has 0 saturated heterocycles. The van der Waals surface area contributed by atoms with Gasteiger partial charge in [-0.3, -0.25) is 4.79 Å². The Hall–Kier alpha value is -2.23. The number of para-hydroxylation sites is 1. The van der Waals surface area contributed by atoms with Gasteiger partial charge in [-0.05, 0) is 30.7 Å². The van der Waals surface area contributed by atoms with Gasteiger partial charge in [0.05, 0.1) is 18.1 Å². The zero-order chi connectivity index (χ0) is 14.1. The minimum atomic E-state index is -0.694. The topological polar surface area (TPSA) is 26.3 Å². The Morgan fingerprint density at radius 2 is 1.95 bits per heavy atom. The van der Waals surface area contributed by atoms with E-state index in [2.05, 4.69) is 0 Å². The Morgan fingerprint density at radius 1 is 1.15 bits per heavy atom. The van der Waals surface area contributed by atoms with Crippen LogP contribution in [0.5, 0.6) is 5.75 Å². The van der Waals surface area contributed by atoms with Gasteiger partial charge in [0, 0.05) is 5.56 Å². The Labute approximate surface area is 115 Å². The van der Waals surface area contributed by atoms with Gasteiger partial charge >= 0.3 is 0 Å². The van der Waals surface area contributed by atoms with E-state index in [0.29, 0.717) is 18.8 Å². The number of fused-ring (bicyclic) bond motifs is 1. The molecule has 0 bridgehead atoms. The van der Waals surface area contributed by atoms with Gasteiger partial charge < -0.3 is 4.74 Å². The minimum Gasteiger partial charge on any atom is -0.493 e. The van der Waals surface area contributed by atoms with Crippen LogP contribution < -0.4 is 4.74 Å². The van der Waals surface area contributed by atoms with Gasteiger partial charge in [0.2, 0.25) is 0 Å². The second-order valence-corrected chi connectivity index (χ2v) is 4.72. The van der Waals surface area contributed by atoms with Crippen LogP contribution in [-0.2, 0) is 0 Å². The minimum absolute atomic E-state index is 0.202. The quantitative estimate of drug-likeness (QED) is 0.780. The summed E-state index contributed by atoms with van der Waals surface area (Å²) in [5, 5.41) is 0. The molecule has 1 unspecified atom stereocenters. The first-order chi connectivity index (χ1) is 9.66. The van der Waals surface area contributed by atoms with E-state index in [4.69, 9.17) is 4.74 Å². The predicted molar refractivity (Wildman–Crippen MR) is 70.0 cm³/mol. The monoisotopic (exact) mass is 274 g/mol. The molecule has 4 heteroatoms. The second-order valence-electron chi connectivity index (χ2n) is 4.72. The van der Waals surface area contributed by atoms with E-state index in [0.717, 1.165) is 23.8 Å². The number of carbonyl (C=O) groups is 1. The summed E-state index contributed by atoms with van der Waals surface area (Å²) >= 11 is 0. The van der Waals surface area contributed by atoms with E-state index in [1.807, 2.05) is 6.07 Å². The highest BCUT2D eigenvalue weighted by molar-refractivity contribution is 6.01. The maximum atomic E-state index is 13.7. The normalized spacial score (nSPS) is 17.2. The fraction of sp³-hybridized carbons (Fsp3) is 0.188. The highest BCUT2D eigenvalue weighted by Crippen LogP contribution is 2.35. The van der Waals surface area contributed by atoms with E-state index in [9.17, 15) is 13.6 Å². The molecule has 2 aromatic rings. The van der Waals surface area contributed by atoms with Gasteiger partial charge in [0.25, 0.3) is 0 Å².